The molecule has 0 aliphatic heterocycles. The second-order valence-electron chi connectivity index (χ2n) is 11.5. The van der Waals surface area contributed by atoms with Crippen LogP contribution in [0.4, 0.5) is 0 Å². The van der Waals surface area contributed by atoms with Gasteiger partial charge in [0.05, 0.1) is 6.04 Å². The molecule has 3 amide bonds. The van der Waals surface area contributed by atoms with Gasteiger partial charge >= 0.3 is 0 Å². The number of carbonyl (C=O) groups excluding carboxylic acids is 3. The summed E-state index contributed by atoms with van der Waals surface area (Å²) in [4.78, 5) is 42.3. The van der Waals surface area contributed by atoms with Crippen LogP contribution in [0.5, 0.6) is 0 Å². The number of aryl methyl sites for hydroxylation is 3. The van der Waals surface area contributed by atoms with Gasteiger partial charge in [0.2, 0.25) is 17.7 Å². The van der Waals surface area contributed by atoms with E-state index in [1.807, 2.05) is 113 Å². The zero-order valence-corrected chi connectivity index (χ0v) is 25.6. The molecule has 224 valence electrons. The first-order valence-electron chi connectivity index (χ1n) is 14.8. The lowest BCUT2D eigenvalue weighted by atomic mass is 9.99. The monoisotopic (exact) mass is 570 g/mol. The molecule has 3 N–H and O–H groups in total. The van der Waals surface area contributed by atoms with E-state index in [0.29, 0.717) is 25.8 Å². The molecular formula is C35H46N4O3. The number of nitrogens with zero attached hydrogens (tertiary/aromatic N) is 1. The van der Waals surface area contributed by atoms with Gasteiger partial charge in [-0.05, 0) is 69.3 Å². The van der Waals surface area contributed by atoms with Crippen molar-refractivity contribution >= 4 is 17.7 Å². The Morgan fingerprint density at radius 3 is 1.74 bits per heavy atom. The van der Waals surface area contributed by atoms with Crippen LogP contribution in [-0.4, -0.2) is 54.8 Å². The molecule has 0 bridgehead atoms. The Morgan fingerprint density at radius 2 is 1.21 bits per heavy atom. The lowest BCUT2D eigenvalue weighted by Gasteiger charge is -2.28. The lowest BCUT2D eigenvalue weighted by Crippen LogP contribution is -2.57. The quantitative estimate of drug-likeness (QED) is 0.252. The third-order valence-corrected chi connectivity index (χ3v) is 7.51. The Hall–Kier alpha value is -3.97. The largest absolute Gasteiger partial charge is 0.350 e. The maximum Gasteiger partial charge on any atom is 0.243 e. The van der Waals surface area contributed by atoms with Gasteiger partial charge in [0.25, 0.3) is 0 Å². The fourth-order valence-electron chi connectivity index (χ4n) is 4.86. The van der Waals surface area contributed by atoms with Crippen molar-refractivity contribution in [1.29, 1.82) is 0 Å². The molecule has 0 saturated heterocycles. The molecule has 3 atom stereocenters. The molecule has 0 heterocycles. The number of nitrogens with one attached hydrogen (secondary N) is 3. The van der Waals surface area contributed by atoms with E-state index in [1.165, 1.54) is 0 Å². The molecule has 7 heteroatoms. The maximum atomic E-state index is 13.7. The Balaban J connectivity index is 1.71. The topological polar surface area (TPSA) is 90.5 Å². The summed E-state index contributed by atoms with van der Waals surface area (Å²) < 4.78 is 0. The highest BCUT2D eigenvalue weighted by molar-refractivity contribution is 5.93. The van der Waals surface area contributed by atoms with Crippen molar-refractivity contribution in [3.63, 3.8) is 0 Å². The van der Waals surface area contributed by atoms with Gasteiger partial charge in [0.1, 0.15) is 12.1 Å². The van der Waals surface area contributed by atoms with E-state index in [0.717, 1.165) is 28.7 Å². The van der Waals surface area contributed by atoms with E-state index in [1.54, 1.807) is 0 Å². The van der Waals surface area contributed by atoms with E-state index in [9.17, 15) is 14.4 Å². The van der Waals surface area contributed by atoms with E-state index in [-0.39, 0.29) is 23.6 Å². The highest BCUT2D eigenvalue weighted by Gasteiger charge is 2.30. The molecule has 0 aromatic heterocycles. The Kier molecular flexibility index (Phi) is 12.8. The number of hydrogen-bond donors (Lipinski definition) is 3. The Labute approximate surface area is 251 Å². The fraction of sp³-hybridized carbons (Fsp3) is 0.400. The van der Waals surface area contributed by atoms with Crippen molar-refractivity contribution in [3.8, 4) is 0 Å². The minimum atomic E-state index is -0.789. The van der Waals surface area contributed by atoms with Gasteiger partial charge in [0.15, 0.2) is 0 Å². The van der Waals surface area contributed by atoms with E-state index in [4.69, 9.17) is 0 Å². The molecule has 0 saturated carbocycles. The Morgan fingerprint density at radius 1 is 0.667 bits per heavy atom. The molecule has 42 heavy (non-hydrogen) atoms. The van der Waals surface area contributed by atoms with Crippen LogP contribution in [0.25, 0.3) is 0 Å². The zero-order valence-electron chi connectivity index (χ0n) is 25.6. The van der Waals surface area contributed by atoms with Crippen LogP contribution >= 0.6 is 0 Å². The minimum Gasteiger partial charge on any atom is -0.350 e. The first-order valence-corrected chi connectivity index (χ1v) is 14.8. The summed E-state index contributed by atoms with van der Waals surface area (Å²) in [5.74, 6) is -0.947. The standard InChI is InChI=1S/C35H46N4O3/c1-25(2)32(35(42)36-24-29-18-16-26(3)17-19-29)38-33(40)30(22-20-27-12-8-6-9-13-27)37-34(41)31(39(4)5)23-21-28-14-10-7-11-15-28/h6-19,25,30-32H,20-24H2,1-5H3,(H,36,42)(H,37,41)(H,38,40)/t30-,31-,32-/m0/s1. The number of rotatable bonds is 15. The highest BCUT2D eigenvalue weighted by Crippen LogP contribution is 2.12. The normalized spacial score (nSPS) is 13.3. The molecule has 3 rings (SSSR count). The van der Waals surface area contributed by atoms with Crippen LogP contribution in [0.15, 0.2) is 84.9 Å². The van der Waals surface area contributed by atoms with Crippen molar-refractivity contribution in [2.75, 3.05) is 14.1 Å². The molecule has 7 nitrogen and oxygen atoms in total. The number of benzene rings is 3. The molecule has 3 aromatic rings. The average molecular weight is 571 g/mol. The summed E-state index contributed by atoms with van der Waals surface area (Å²) in [5, 5.41) is 8.94. The summed E-state index contributed by atoms with van der Waals surface area (Å²) in [5.41, 5.74) is 4.37. The third-order valence-electron chi connectivity index (χ3n) is 7.51. The summed E-state index contributed by atoms with van der Waals surface area (Å²) in [6, 6.07) is 26.0. The Bertz CT molecular complexity index is 1260. The van der Waals surface area contributed by atoms with Crippen LogP contribution in [0, 0.1) is 12.8 Å². The van der Waals surface area contributed by atoms with Gasteiger partial charge < -0.3 is 16.0 Å². The molecule has 0 unspecified atom stereocenters. The first-order chi connectivity index (χ1) is 20.1. The summed E-state index contributed by atoms with van der Waals surface area (Å²) in [7, 11) is 3.75. The summed E-state index contributed by atoms with van der Waals surface area (Å²) in [6.45, 7) is 6.20. The number of hydrogen-bond acceptors (Lipinski definition) is 4. The molecule has 0 aliphatic carbocycles. The van der Waals surface area contributed by atoms with Gasteiger partial charge in [-0.2, -0.15) is 0 Å². The zero-order chi connectivity index (χ0) is 30.5. The fourth-order valence-corrected chi connectivity index (χ4v) is 4.86. The number of carbonyl (C=O) groups is 3. The third kappa shape index (κ3) is 10.5. The van der Waals surface area contributed by atoms with Crippen LogP contribution in [0.3, 0.4) is 0 Å². The number of likely N-dealkylation sites (N-methyl/N-ethyl adjacent to an activating group) is 1. The lowest BCUT2D eigenvalue weighted by molar-refractivity contribution is -0.134. The summed E-state index contributed by atoms with van der Waals surface area (Å²) in [6.07, 6.45) is 2.39. The minimum absolute atomic E-state index is 0.141. The maximum absolute atomic E-state index is 13.7. The smallest absolute Gasteiger partial charge is 0.243 e. The number of amides is 3. The molecule has 0 fully saturated rings. The predicted molar refractivity (Wildman–Crippen MR) is 169 cm³/mol. The highest BCUT2D eigenvalue weighted by atomic mass is 16.2. The van der Waals surface area contributed by atoms with Crippen LogP contribution in [0.1, 0.15) is 48.9 Å². The summed E-state index contributed by atoms with van der Waals surface area (Å²) >= 11 is 0. The van der Waals surface area contributed by atoms with Gasteiger partial charge in [-0.15, -0.1) is 0 Å². The van der Waals surface area contributed by atoms with Crippen molar-refractivity contribution in [3.05, 3.63) is 107 Å². The van der Waals surface area contributed by atoms with Gasteiger partial charge in [0, 0.05) is 6.54 Å². The van der Waals surface area contributed by atoms with Gasteiger partial charge in [-0.1, -0.05) is 104 Å². The predicted octanol–water partition coefficient (Wildman–Crippen LogP) is 4.43. The van der Waals surface area contributed by atoms with Crippen molar-refractivity contribution in [2.45, 2.75) is 71.1 Å². The van der Waals surface area contributed by atoms with Crippen molar-refractivity contribution < 1.29 is 14.4 Å². The van der Waals surface area contributed by atoms with Gasteiger partial charge in [-0.3, -0.25) is 19.3 Å². The average Bonchev–Trinajstić information content (AvgIpc) is 2.98. The molecular weight excluding hydrogens is 524 g/mol. The van der Waals surface area contributed by atoms with Crippen LogP contribution < -0.4 is 16.0 Å². The van der Waals surface area contributed by atoms with Crippen LogP contribution in [0.2, 0.25) is 0 Å². The van der Waals surface area contributed by atoms with E-state index in [2.05, 4.69) is 28.1 Å². The van der Waals surface area contributed by atoms with Crippen molar-refractivity contribution in [1.82, 2.24) is 20.9 Å². The molecule has 0 radical (unpaired) electrons. The molecule has 3 aromatic carbocycles. The molecule has 0 spiro atoms. The van der Waals surface area contributed by atoms with E-state index < -0.39 is 18.1 Å². The van der Waals surface area contributed by atoms with E-state index >= 15 is 0 Å². The second-order valence-corrected chi connectivity index (χ2v) is 11.5. The molecule has 0 aliphatic rings. The second kappa shape index (κ2) is 16.5. The first kappa shape index (κ1) is 32.5. The SMILES string of the molecule is Cc1ccc(CNC(=O)[C@@H](NC(=O)[C@H](CCc2ccccc2)NC(=O)[C@H](CCc2ccccc2)N(C)C)C(C)C)cc1. The van der Waals surface area contributed by atoms with Gasteiger partial charge in [-0.25, -0.2) is 0 Å². The van der Waals surface area contributed by atoms with Crippen molar-refractivity contribution in [2.24, 2.45) is 5.92 Å². The van der Waals surface area contributed by atoms with Crippen LogP contribution in [-0.2, 0) is 33.8 Å².